The molecule has 2 N–H and O–H groups in total. The maximum atomic E-state index is 12.2. The van der Waals surface area contributed by atoms with Crippen molar-refractivity contribution in [1.82, 2.24) is 5.32 Å². The summed E-state index contributed by atoms with van der Waals surface area (Å²) in [5.74, 6) is -0.662. The van der Waals surface area contributed by atoms with E-state index in [9.17, 15) is 20.0 Å². The summed E-state index contributed by atoms with van der Waals surface area (Å²) in [4.78, 5) is 22.5. The average molecular weight is 341 g/mol. The van der Waals surface area contributed by atoms with Crippen LogP contribution in [0.5, 0.6) is 0 Å². The molecule has 2 rings (SSSR count). The molecular formula is C14H13ClN2O4S. The van der Waals surface area contributed by atoms with Gasteiger partial charge in [0.15, 0.2) is 0 Å². The van der Waals surface area contributed by atoms with Crippen LogP contribution in [0.4, 0.5) is 5.69 Å². The maximum absolute atomic E-state index is 12.2. The van der Waals surface area contributed by atoms with E-state index in [2.05, 4.69) is 5.32 Å². The van der Waals surface area contributed by atoms with Gasteiger partial charge in [-0.15, -0.1) is 0 Å². The van der Waals surface area contributed by atoms with Gasteiger partial charge in [-0.3, -0.25) is 14.9 Å². The number of benzene rings is 1. The normalized spacial score (nSPS) is 13.4. The second-order valence-electron chi connectivity index (χ2n) is 4.89. The molecule has 0 bridgehead atoms. The number of hydrogen-bond acceptors (Lipinski definition) is 5. The molecule has 0 aliphatic carbocycles. The molecule has 1 unspecified atom stereocenters. The van der Waals surface area contributed by atoms with Crippen molar-refractivity contribution in [3.8, 4) is 0 Å². The molecule has 1 amide bonds. The summed E-state index contributed by atoms with van der Waals surface area (Å²) >= 11 is 7.21. The number of thiophene rings is 1. The Morgan fingerprint density at radius 2 is 2.23 bits per heavy atom. The van der Waals surface area contributed by atoms with Gasteiger partial charge in [0, 0.05) is 11.1 Å². The predicted octanol–water partition coefficient (Wildman–Crippen LogP) is 2.95. The number of hydrogen-bond donors (Lipinski definition) is 2. The van der Waals surface area contributed by atoms with E-state index >= 15 is 0 Å². The molecule has 6 nitrogen and oxygen atoms in total. The van der Waals surface area contributed by atoms with Crippen molar-refractivity contribution in [3.05, 3.63) is 61.3 Å². The predicted molar refractivity (Wildman–Crippen MR) is 84.3 cm³/mol. The first-order valence-electron chi connectivity index (χ1n) is 6.28. The van der Waals surface area contributed by atoms with Gasteiger partial charge in [0.25, 0.3) is 11.6 Å². The summed E-state index contributed by atoms with van der Waals surface area (Å²) in [7, 11) is 0. The number of aliphatic hydroxyl groups is 1. The minimum atomic E-state index is -1.26. The number of carbonyl (C=O) groups excluding carboxylic acids is 1. The Hall–Kier alpha value is -1.96. The molecule has 116 valence electrons. The molecular weight excluding hydrogens is 328 g/mol. The molecule has 0 fully saturated rings. The minimum Gasteiger partial charge on any atom is -0.384 e. The number of halogens is 1. The van der Waals surface area contributed by atoms with Gasteiger partial charge < -0.3 is 10.4 Å². The Morgan fingerprint density at radius 3 is 2.82 bits per heavy atom. The first-order valence-corrected chi connectivity index (χ1v) is 7.60. The number of nitro benzene ring substituents is 1. The second kappa shape index (κ2) is 6.43. The summed E-state index contributed by atoms with van der Waals surface area (Å²) in [5.41, 5.74) is -1.07. The molecule has 0 aliphatic rings. The number of nitro groups is 1. The highest BCUT2D eigenvalue weighted by atomic mass is 35.5. The Labute approximate surface area is 135 Å². The van der Waals surface area contributed by atoms with E-state index in [1.807, 2.05) is 5.38 Å². The first kappa shape index (κ1) is 16.4. The summed E-state index contributed by atoms with van der Waals surface area (Å²) < 4.78 is 0. The van der Waals surface area contributed by atoms with Crippen molar-refractivity contribution < 1.29 is 14.8 Å². The van der Waals surface area contributed by atoms with Gasteiger partial charge in [-0.05, 0) is 41.4 Å². The lowest BCUT2D eigenvalue weighted by Gasteiger charge is -2.22. The summed E-state index contributed by atoms with van der Waals surface area (Å²) in [6, 6.07) is 5.50. The van der Waals surface area contributed by atoms with E-state index in [1.54, 1.807) is 18.4 Å². The third-order valence-corrected chi connectivity index (χ3v) is 4.05. The van der Waals surface area contributed by atoms with E-state index in [0.717, 1.165) is 0 Å². The maximum Gasteiger partial charge on any atom is 0.282 e. The van der Waals surface area contributed by atoms with Crippen molar-refractivity contribution in [1.29, 1.82) is 0 Å². The quantitative estimate of drug-likeness (QED) is 0.646. The second-order valence-corrected chi connectivity index (χ2v) is 6.10. The molecule has 22 heavy (non-hydrogen) atoms. The van der Waals surface area contributed by atoms with E-state index in [0.29, 0.717) is 5.56 Å². The van der Waals surface area contributed by atoms with Crippen molar-refractivity contribution in [2.45, 2.75) is 12.5 Å². The zero-order chi connectivity index (χ0) is 16.3. The molecule has 8 heteroatoms. The number of carbonyl (C=O) groups is 1. The van der Waals surface area contributed by atoms with Crippen LogP contribution >= 0.6 is 22.9 Å². The Bertz CT molecular complexity index is 701. The van der Waals surface area contributed by atoms with Crippen LogP contribution in [0.25, 0.3) is 0 Å². The molecule has 0 saturated heterocycles. The van der Waals surface area contributed by atoms with Crippen molar-refractivity contribution in [2.24, 2.45) is 0 Å². The topological polar surface area (TPSA) is 92.5 Å². The molecule has 0 radical (unpaired) electrons. The standard InChI is InChI=1S/C14H13ClN2O4S/c1-14(19,9-4-5-22-7-9)8-16-13(18)11-6-10(15)2-3-12(11)17(20)21/h2-7,19H,8H2,1H3,(H,16,18). The van der Waals surface area contributed by atoms with Crippen LogP contribution in [-0.4, -0.2) is 22.5 Å². The zero-order valence-corrected chi connectivity index (χ0v) is 13.1. The van der Waals surface area contributed by atoms with Crippen molar-refractivity contribution in [3.63, 3.8) is 0 Å². The van der Waals surface area contributed by atoms with Gasteiger partial charge in [0.1, 0.15) is 11.2 Å². The van der Waals surface area contributed by atoms with Gasteiger partial charge >= 0.3 is 0 Å². The van der Waals surface area contributed by atoms with Crippen LogP contribution in [0.1, 0.15) is 22.8 Å². The summed E-state index contributed by atoms with van der Waals surface area (Å²) in [6.45, 7) is 1.48. The summed E-state index contributed by atoms with van der Waals surface area (Å²) in [5, 5.41) is 27.6. The molecule has 2 aromatic rings. The van der Waals surface area contributed by atoms with Gasteiger partial charge in [-0.25, -0.2) is 0 Å². The molecule has 0 saturated carbocycles. The fourth-order valence-corrected chi connectivity index (χ4v) is 2.82. The number of rotatable bonds is 5. The van der Waals surface area contributed by atoms with Crippen molar-refractivity contribution in [2.75, 3.05) is 6.54 Å². The number of amides is 1. The highest BCUT2D eigenvalue weighted by Gasteiger charge is 2.26. The van der Waals surface area contributed by atoms with Crippen LogP contribution in [-0.2, 0) is 5.60 Å². The highest BCUT2D eigenvalue weighted by molar-refractivity contribution is 7.08. The van der Waals surface area contributed by atoms with E-state index in [-0.39, 0.29) is 22.8 Å². The third-order valence-electron chi connectivity index (χ3n) is 3.14. The Morgan fingerprint density at radius 1 is 1.50 bits per heavy atom. The monoisotopic (exact) mass is 340 g/mol. The molecule has 1 aromatic heterocycles. The van der Waals surface area contributed by atoms with Crippen LogP contribution in [0.2, 0.25) is 5.02 Å². The molecule has 0 spiro atoms. The molecule has 1 atom stereocenters. The third kappa shape index (κ3) is 3.62. The largest absolute Gasteiger partial charge is 0.384 e. The Kier molecular flexibility index (Phi) is 4.80. The molecule has 0 aliphatic heterocycles. The van der Waals surface area contributed by atoms with Gasteiger partial charge in [-0.1, -0.05) is 11.6 Å². The first-order chi connectivity index (χ1) is 10.3. The van der Waals surface area contributed by atoms with Gasteiger partial charge in [0.05, 0.1) is 11.5 Å². The van der Waals surface area contributed by atoms with E-state index in [1.165, 1.54) is 29.5 Å². The average Bonchev–Trinajstić information content (AvgIpc) is 2.99. The fourth-order valence-electron chi connectivity index (χ4n) is 1.87. The Balaban J connectivity index is 2.16. The van der Waals surface area contributed by atoms with Crippen LogP contribution < -0.4 is 5.32 Å². The van der Waals surface area contributed by atoms with Crippen LogP contribution in [0, 0.1) is 10.1 Å². The van der Waals surface area contributed by atoms with E-state index < -0.39 is 16.4 Å². The molecule has 1 heterocycles. The highest BCUT2D eigenvalue weighted by Crippen LogP contribution is 2.24. The number of nitrogens with zero attached hydrogens (tertiary/aromatic N) is 1. The van der Waals surface area contributed by atoms with Crippen molar-refractivity contribution >= 4 is 34.5 Å². The lowest BCUT2D eigenvalue weighted by atomic mass is 9.99. The van der Waals surface area contributed by atoms with Crippen LogP contribution in [0.3, 0.4) is 0 Å². The minimum absolute atomic E-state index is 0.0771. The van der Waals surface area contributed by atoms with Gasteiger partial charge in [-0.2, -0.15) is 11.3 Å². The number of nitrogens with one attached hydrogen (secondary N) is 1. The fraction of sp³-hybridized carbons (Fsp3) is 0.214. The van der Waals surface area contributed by atoms with Crippen LogP contribution in [0.15, 0.2) is 35.0 Å². The smallest absolute Gasteiger partial charge is 0.282 e. The molecule has 1 aromatic carbocycles. The van der Waals surface area contributed by atoms with Gasteiger partial charge in [0.2, 0.25) is 0 Å². The lowest BCUT2D eigenvalue weighted by molar-refractivity contribution is -0.385. The summed E-state index contributed by atoms with van der Waals surface area (Å²) in [6.07, 6.45) is 0. The lowest BCUT2D eigenvalue weighted by Crippen LogP contribution is -2.38. The SMILES string of the molecule is CC(O)(CNC(=O)c1cc(Cl)ccc1[N+](=O)[O-])c1ccsc1. The van der Waals surface area contributed by atoms with E-state index in [4.69, 9.17) is 11.6 Å². The zero-order valence-electron chi connectivity index (χ0n) is 11.6.